The number of aromatic nitrogens is 3. The van der Waals surface area contributed by atoms with Gasteiger partial charge in [0, 0.05) is 6.61 Å². The van der Waals surface area contributed by atoms with E-state index in [9.17, 15) is 0 Å². The number of rotatable bonds is 6. The van der Waals surface area contributed by atoms with Gasteiger partial charge in [0.2, 0.25) is 0 Å². The lowest BCUT2D eigenvalue weighted by Crippen LogP contribution is -2.10. The maximum Gasteiger partial charge on any atom is 0.168 e. The van der Waals surface area contributed by atoms with Crippen molar-refractivity contribution >= 4 is 5.82 Å². The number of anilines is 1. The number of hydrogen-bond donors (Lipinski definition) is 1. The van der Waals surface area contributed by atoms with Gasteiger partial charge in [0.1, 0.15) is 0 Å². The molecule has 1 rings (SSSR count). The Labute approximate surface area is 90.6 Å². The lowest BCUT2D eigenvalue weighted by Gasteiger charge is -2.06. The van der Waals surface area contributed by atoms with Crippen molar-refractivity contribution in [2.75, 3.05) is 18.9 Å². The topological polar surface area (TPSA) is 66.0 Å². The van der Waals surface area contributed by atoms with Crippen molar-refractivity contribution in [3.05, 3.63) is 5.69 Å². The van der Waals surface area contributed by atoms with E-state index < -0.39 is 0 Å². The molecule has 5 nitrogen and oxygen atoms in total. The first-order chi connectivity index (χ1) is 7.11. The summed E-state index contributed by atoms with van der Waals surface area (Å²) in [5, 5.41) is 7.69. The average Bonchev–Trinajstić information content (AvgIpc) is 2.48. The van der Waals surface area contributed by atoms with Gasteiger partial charge in [-0.1, -0.05) is 19.1 Å². The fourth-order valence-corrected chi connectivity index (χ4v) is 1.16. The zero-order chi connectivity index (χ0) is 11.3. The molecule has 0 fully saturated rings. The normalized spacial score (nSPS) is 11.2. The van der Waals surface area contributed by atoms with Gasteiger partial charge in [-0.2, -0.15) is 0 Å². The minimum atomic E-state index is 0.497. The second-order valence-corrected chi connectivity index (χ2v) is 4.08. The SMILES string of the molecule is Cc1c(N)nnn1CCOCCC(C)C. The van der Waals surface area contributed by atoms with Crippen molar-refractivity contribution in [3.63, 3.8) is 0 Å². The molecule has 0 radical (unpaired) electrons. The molecule has 0 amide bonds. The van der Waals surface area contributed by atoms with Crippen LogP contribution in [-0.2, 0) is 11.3 Å². The van der Waals surface area contributed by atoms with Crippen molar-refractivity contribution in [3.8, 4) is 0 Å². The first-order valence-corrected chi connectivity index (χ1v) is 5.34. The highest BCUT2D eigenvalue weighted by molar-refractivity contribution is 5.31. The molecule has 0 aliphatic heterocycles. The number of nitrogens with zero attached hydrogens (tertiary/aromatic N) is 3. The van der Waals surface area contributed by atoms with Crippen LogP contribution in [0.25, 0.3) is 0 Å². The molecule has 86 valence electrons. The minimum absolute atomic E-state index is 0.497. The van der Waals surface area contributed by atoms with Crippen LogP contribution in [0.5, 0.6) is 0 Å². The van der Waals surface area contributed by atoms with E-state index >= 15 is 0 Å². The maximum absolute atomic E-state index is 5.58. The highest BCUT2D eigenvalue weighted by atomic mass is 16.5. The van der Waals surface area contributed by atoms with Crippen molar-refractivity contribution in [2.24, 2.45) is 5.92 Å². The Kier molecular flexibility index (Phi) is 4.55. The molecule has 1 aromatic rings. The molecule has 0 atom stereocenters. The Morgan fingerprint density at radius 1 is 1.40 bits per heavy atom. The molecule has 0 bridgehead atoms. The summed E-state index contributed by atoms with van der Waals surface area (Å²) in [6.45, 7) is 8.46. The third-order valence-corrected chi connectivity index (χ3v) is 2.31. The molecule has 1 aromatic heterocycles. The summed E-state index contributed by atoms with van der Waals surface area (Å²) in [5.41, 5.74) is 6.48. The predicted molar refractivity (Wildman–Crippen MR) is 59.4 cm³/mol. The van der Waals surface area contributed by atoms with Crippen LogP contribution >= 0.6 is 0 Å². The molecule has 0 aliphatic rings. The smallest absolute Gasteiger partial charge is 0.168 e. The van der Waals surface area contributed by atoms with E-state index in [1.807, 2.05) is 6.92 Å². The summed E-state index contributed by atoms with van der Waals surface area (Å²) >= 11 is 0. The van der Waals surface area contributed by atoms with E-state index in [-0.39, 0.29) is 0 Å². The molecule has 0 saturated heterocycles. The Morgan fingerprint density at radius 3 is 2.67 bits per heavy atom. The molecule has 0 aromatic carbocycles. The average molecular weight is 212 g/mol. The van der Waals surface area contributed by atoms with E-state index in [0.29, 0.717) is 24.9 Å². The van der Waals surface area contributed by atoms with Gasteiger partial charge in [0.15, 0.2) is 5.82 Å². The Bertz CT molecular complexity index is 296. The second-order valence-electron chi connectivity index (χ2n) is 4.08. The van der Waals surface area contributed by atoms with Crippen molar-refractivity contribution in [1.29, 1.82) is 0 Å². The van der Waals surface area contributed by atoms with Crippen molar-refractivity contribution < 1.29 is 4.74 Å². The molecule has 0 saturated carbocycles. The third kappa shape index (κ3) is 3.87. The summed E-state index contributed by atoms with van der Waals surface area (Å²) in [6, 6.07) is 0. The summed E-state index contributed by atoms with van der Waals surface area (Å²) < 4.78 is 7.25. The van der Waals surface area contributed by atoms with Crippen LogP contribution in [-0.4, -0.2) is 28.2 Å². The fraction of sp³-hybridized carbons (Fsp3) is 0.800. The zero-order valence-electron chi connectivity index (χ0n) is 9.73. The summed E-state index contributed by atoms with van der Waals surface area (Å²) in [6.07, 6.45) is 1.10. The molecule has 5 heteroatoms. The quantitative estimate of drug-likeness (QED) is 0.720. The van der Waals surface area contributed by atoms with Crippen LogP contribution in [0.4, 0.5) is 5.82 Å². The van der Waals surface area contributed by atoms with Crippen molar-refractivity contribution in [2.45, 2.75) is 33.7 Å². The molecule has 0 unspecified atom stereocenters. The van der Waals surface area contributed by atoms with Crippen LogP contribution in [0.15, 0.2) is 0 Å². The van der Waals surface area contributed by atoms with Gasteiger partial charge >= 0.3 is 0 Å². The molecule has 2 N–H and O–H groups in total. The van der Waals surface area contributed by atoms with Gasteiger partial charge in [0.05, 0.1) is 18.8 Å². The molecule has 0 spiro atoms. The van der Waals surface area contributed by atoms with Crippen LogP contribution < -0.4 is 5.73 Å². The Hall–Kier alpha value is -1.10. The van der Waals surface area contributed by atoms with Crippen LogP contribution in [0.2, 0.25) is 0 Å². The minimum Gasteiger partial charge on any atom is -0.381 e. The van der Waals surface area contributed by atoms with E-state index in [1.165, 1.54) is 0 Å². The van der Waals surface area contributed by atoms with Gasteiger partial charge in [-0.3, -0.25) is 0 Å². The van der Waals surface area contributed by atoms with E-state index in [1.54, 1.807) is 4.68 Å². The number of ether oxygens (including phenoxy) is 1. The Balaban J connectivity index is 2.18. The summed E-state index contributed by atoms with van der Waals surface area (Å²) in [5.74, 6) is 1.19. The highest BCUT2D eigenvalue weighted by Gasteiger charge is 2.03. The van der Waals surface area contributed by atoms with Gasteiger partial charge in [-0.05, 0) is 19.3 Å². The highest BCUT2D eigenvalue weighted by Crippen LogP contribution is 2.04. The van der Waals surface area contributed by atoms with E-state index in [0.717, 1.165) is 18.7 Å². The van der Waals surface area contributed by atoms with Crippen LogP contribution in [0.1, 0.15) is 26.0 Å². The summed E-state index contributed by atoms with van der Waals surface area (Å²) in [4.78, 5) is 0. The second kappa shape index (κ2) is 5.70. The predicted octanol–water partition coefficient (Wildman–Crippen LogP) is 1.23. The molecular formula is C10H20N4O. The lowest BCUT2D eigenvalue weighted by molar-refractivity contribution is 0.113. The zero-order valence-corrected chi connectivity index (χ0v) is 9.73. The van der Waals surface area contributed by atoms with Gasteiger partial charge in [-0.25, -0.2) is 4.68 Å². The first kappa shape index (κ1) is 12.0. The number of nitrogens with two attached hydrogens (primary N) is 1. The maximum atomic E-state index is 5.58. The molecule has 1 heterocycles. The monoisotopic (exact) mass is 212 g/mol. The van der Waals surface area contributed by atoms with Gasteiger partial charge < -0.3 is 10.5 Å². The summed E-state index contributed by atoms with van der Waals surface area (Å²) in [7, 11) is 0. The Morgan fingerprint density at radius 2 is 2.13 bits per heavy atom. The number of hydrogen-bond acceptors (Lipinski definition) is 4. The first-order valence-electron chi connectivity index (χ1n) is 5.34. The molecule has 0 aliphatic carbocycles. The van der Waals surface area contributed by atoms with Crippen molar-refractivity contribution in [1.82, 2.24) is 15.0 Å². The molecular weight excluding hydrogens is 192 g/mol. The van der Waals surface area contributed by atoms with Gasteiger partial charge in [0.25, 0.3) is 0 Å². The van der Waals surface area contributed by atoms with Crippen LogP contribution in [0.3, 0.4) is 0 Å². The van der Waals surface area contributed by atoms with Crippen LogP contribution in [0, 0.1) is 12.8 Å². The lowest BCUT2D eigenvalue weighted by atomic mass is 10.1. The molecule has 15 heavy (non-hydrogen) atoms. The number of nitrogen functional groups attached to an aromatic ring is 1. The fourth-order valence-electron chi connectivity index (χ4n) is 1.16. The van der Waals surface area contributed by atoms with Gasteiger partial charge in [-0.15, -0.1) is 5.10 Å². The largest absolute Gasteiger partial charge is 0.381 e. The van der Waals surface area contributed by atoms with E-state index in [4.69, 9.17) is 10.5 Å². The third-order valence-electron chi connectivity index (χ3n) is 2.31. The standard InChI is InChI=1S/C10H20N4O/c1-8(2)4-6-15-7-5-14-9(3)10(11)12-13-14/h8H,4-7,11H2,1-3H3. The van der Waals surface area contributed by atoms with E-state index in [2.05, 4.69) is 24.2 Å².